The fraction of sp³-hybridized carbons (Fsp3) is 0.727. The van der Waals surface area contributed by atoms with E-state index in [0.717, 1.165) is 24.2 Å². The summed E-state index contributed by atoms with van der Waals surface area (Å²) in [5, 5.41) is 10.2. The first-order valence-electron chi connectivity index (χ1n) is 6.53. The molecule has 0 atom stereocenters. The molecule has 1 N–H and O–H groups in total. The summed E-state index contributed by atoms with van der Waals surface area (Å²) < 4.78 is 25.8. The van der Waals surface area contributed by atoms with Crippen LogP contribution in [0.2, 0.25) is 0 Å². The molecule has 0 bridgehead atoms. The monoisotopic (exact) mass is 318 g/mol. The zero-order chi connectivity index (χ0) is 14.8. The highest BCUT2D eigenvalue weighted by molar-refractivity contribution is 7.91. The lowest BCUT2D eigenvalue weighted by Crippen LogP contribution is -2.27. The molecule has 0 aliphatic carbocycles. The Morgan fingerprint density at radius 3 is 2.60 bits per heavy atom. The van der Waals surface area contributed by atoms with Crippen LogP contribution < -0.4 is 5.32 Å². The van der Waals surface area contributed by atoms with Gasteiger partial charge in [0, 0.05) is 19.5 Å². The van der Waals surface area contributed by atoms with E-state index in [0.29, 0.717) is 19.5 Å². The Bertz CT molecular complexity index is 576. The number of anilines is 1. The van der Waals surface area contributed by atoms with Crippen molar-refractivity contribution >= 4 is 32.4 Å². The molecule has 0 saturated carbocycles. The minimum Gasteiger partial charge on any atom is -0.300 e. The third kappa shape index (κ3) is 3.53. The molecule has 1 aliphatic heterocycles. The predicted molar refractivity (Wildman–Crippen MR) is 76.0 cm³/mol. The first-order valence-corrected chi connectivity index (χ1v) is 8.79. The Kier molecular flexibility index (Phi) is 4.71. The fourth-order valence-corrected chi connectivity index (χ4v) is 4.52. The van der Waals surface area contributed by atoms with Gasteiger partial charge < -0.3 is 5.32 Å². The molecule has 1 aliphatic rings. The third-order valence-corrected chi connectivity index (χ3v) is 5.96. The highest BCUT2D eigenvalue weighted by Crippen LogP contribution is 2.25. The summed E-state index contributed by atoms with van der Waals surface area (Å²) >= 11 is 0.898. The Morgan fingerprint density at radius 1 is 1.35 bits per heavy atom. The van der Waals surface area contributed by atoms with Crippen molar-refractivity contribution < 1.29 is 13.2 Å². The Morgan fingerprint density at radius 2 is 2.00 bits per heavy atom. The molecule has 0 radical (unpaired) electrons. The molecule has 7 nitrogen and oxygen atoms in total. The molecule has 0 aromatic carbocycles. The normalized spacial score (nSPS) is 16.8. The summed E-state index contributed by atoms with van der Waals surface area (Å²) in [7, 11) is -3.55. The van der Waals surface area contributed by atoms with Gasteiger partial charge in [0.2, 0.25) is 15.4 Å². The highest BCUT2D eigenvalue weighted by Gasteiger charge is 2.30. The van der Waals surface area contributed by atoms with Crippen molar-refractivity contribution in [1.82, 2.24) is 14.5 Å². The molecule has 0 unspecified atom stereocenters. The summed E-state index contributed by atoms with van der Waals surface area (Å²) in [6, 6.07) is 0. The fourth-order valence-electron chi connectivity index (χ4n) is 1.94. The minimum absolute atomic E-state index is 0.0563. The molecule has 2 heterocycles. The van der Waals surface area contributed by atoms with Gasteiger partial charge in [-0.25, -0.2) is 8.42 Å². The largest absolute Gasteiger partial charge is 0.300 e. The van der Waals surface area contributed by atoms with Crippen LogP contribution in [0.3, 0.4) is 0 Å². The lowest BCUT2D eigenvalue weighted by Gasteiger charge is -2.11. The molecule has 2 rings (SSSR count). The zero-order valence-electron chi connectivity index (χ0n) is 11.5. The number of carbonyl (C=O) groups excluding carboxylic acids is 1. The van der Waals surface area contributed by atoms with E-state index in [4.69, 9.17) is 0 Å². The van der Waals surface area contributed by atoms with Gasteiger partial charge in [0.05, 0.1) is 0 Å². The van der Waals surface area contributed by atoms with E-state index < -0.39 is 10.0 Å². The van der Waals surface area contributed by atoms with Gasteiger partial charge in [-0.1, -0.05) is 25.2 Å². The van der Waals surface area contributed by atoms with Gasteiger partial charge in [-0.2, -0.15) is 4.31 Å². The molecule has 9 heteroatoms. The van der Waals surface area contributed by atoms with Crippen LogP contribution in [0.5, 0.6) is 0 Å². The number of hydrogen-bond acceptors (Lipinski definition) is 6. The second-order valence-electron chi connectivity index (χ2n) is 5.13. The molecule has 1 aromatic rings. The van der Waals surface area contributed by atoms with Crippen molar-refractivity contribution in [3.05, 3.63) is 0 Å². The number of carbonyl (C=O) groups is 1. The summed E-state index contributed by atoms with van der Waals surface area (Å²) in [4.78, 5) is 11.6. The van der Waals surface area contributed by atoms with Crippen LogP contribution in [0.4, 0.5) is 5.13 Å². The highest BCUT2D eigenvalue weighted by atomic mass is 32.2. The average molecular weight is 318 g/mol. The van der Waals surface area contributed by atoms with Gasteiger partial charge in [-0.15, -0.1) is 10.2 Å². The average Bonchev–Trinajstić information content (AvgIpc) is 2.97. The van der Waals surface area contributed by atoms with Crippen LogP contribution in [0, 0.1) is 5.92 Å². The number of rotatable bonds is 5. The van der Waals surface area contributed by atoms with Crippen LogP contribution in [0.15, 0.2) is 4.34 Å². The van der Waals surface area contributed by atoms with Crippen molar-refractivity contribution in [2.75, 3.05) is 18.4 Å². The van der Waals surface area contributed by atoms with E-state index in [1.54, 1.807) is 0 Å². The molecule has 1 saturated heterocycles. The summed E-state index contributed by atoms with van der Waals surface area (Å²) in [5.41, 5.74) is 0. The standard InChI is InChI=1S/C11H18N4O3S2/c1-8(2)7-9(16)12-10-13-14-11(19-10)20(17,18)15-5-3-4-6-15/h8H,3-7H2,1-2H3,(H,12,13,16). The van der Waals surface area contributed by atoms with Crippen molar-refractivity contribution in [3.8, 4) is 0 Å². The number of amides is 1. The second-order valence-corrected chi connectivity index (χ2v) is 8.22. The maximum Gasteiger partial charge on any atom is 0.272 e. The number of sulfonamides is 1. The Balaban J connectivity index is 2.07. The molecule has 1 aromatic heterocycles. The number of aromatic nitrogens is 2. The number of hydrogen-bond donors (Lipinski definition) is 1. The summed E-state index contributed by atoms with van der Waals surface area (Å²) in [5.74, 6) is 0.0528. The molecule has 0 spiro atoms. The van der Waals surface area contributed by atoms with Crippen molar-refractivity contribution in [2.24, 2.45) is 5.92 Å². The maximum absolute atomic E-state index is 12.2. The first kappa shape index (κ1) is 15.3. The van der Waals surface area contributed by atoms with Crippen LogP contribution >= 0.6 is 11.3 Å². The van der Waals surface area contributed by atoms with Crippen LogP contribution in [-0.4, -0.2) is 41.9 Å². The van der Waals surface area contributed by atoms with Crippen molar-refractivity contribution in [3.63, 3.8) is 0 Å². The van der Waals surface area contributed by atoms with Gasteiger partial charge in [-0.05, 0) is 18.8 Å². The van der Waals surface area contributed by atoms with Gasteiger partial charge in [0.1, 0.15) is 0 Å². The van der Waals surface area contributed by atoms with Gasteiger partial charge in [0.15, 0.2) is 0 Å². The quantitative estimate of drug-likeness (QED) is 0.826. The lowest BCUT2D eigenvalue weighted by molar-refractivity contribution is -0.116. The summed E-state index contributed by atoms with van der Waals surface area (Å²) in [6.45, 7) is 4.92. The molecule has 112 valence electrons. The zero-order valence-corrected chi connectivity index (χ0v) is 13.1. The predicted octanol–water partition coefficient (Wildman–Crippen LogP) is 1.31. The second kappa shape index (κ2) is 6.15. The molecule has 1 fully saturated rings. The number of nitrogens with zero attached hydrogens (tertiary/aromatic N) is 3. The Labute approximate surface area is 122 Å². The van der Waals surface area contributed by atoms with Crippen LogP contribution in [0.25, 0.3) is 0 Å². The van der Waals surface area contributed by atoms with Gasteiger partial charge >= 0.3 is 0 Å². The first-order chi connectivity index (χ1) is 9.39. The molecule has 20 heavy (non-hydrogen) atoms. The van der Waals surface area contributed by atoms with Crippen molar-refractivity contribution in [1.29, 1.82) is 0 Å². The van der Waals surface area contributed by atoms with Crippen LogP contribution in [0.1, 0.15) is 33.1 Å². The van der Waals surface area contributed by atoms with E-state index in [1.807, 2.05) is 13.8 Å². The van der Waals surface area contributed by atoms with E-state index in [-0.39, 0.29) is 21.3 Å². The van der Waals surface area contributed by atoms with E-state index in [2.05, 4.69) is 15.5 Å². The molecule has 1 amide bonds. The molecular weight excluding hydrogens is 300 g/mol. The maximum atomic E-state index is 12.2. The van der Waals surface area contributed by atoms with Crippen molar-refractivity contribution in [2.45, 2.75) is 37.4 Å². The smallest absolute Gasteiger partial charge is 0.272 e. The summed E-state index contributed by atoms with van der Waals surface area (Å²) in [6.07, 6.45) is 2.11. The van der Waals surface area contributed by atoms with E-state index in [9.17, 15) is 13.2 Å². The Hall–Kier alpha value is -1.06. The topological polar surface area (TPSA) is 92.3 Å². The third-order valence-electron chi connectivity index (χ3n) is 2.87. The lowest BCUT2D eigenvalue weighted by atomic mass is 10.1. The SMILES string of the molecule is CC(C)CC(=O)Nc1nnc(S(=O)(=O)N2CCCC2)s1. The van der Waals surface area contributed by atoms with Crippen LogP contribution in [-0.2, 0) is 14.8 Å². The van der Waals surface area contributed by atoms with E-state index in [1.165, 1.54) is 4.31 Å². The number of nitrogens with one attached hydrogen (secondary N) is 1. The van der Waals surface area contributed by atoms with Gasteiger partial charge in [0.25, 0.3) is 10.0 Å². The molecular formula is C11H18N4O3S2. The minimum atomic E-state index is -3.55. The van der Waals surface area contributed by atoms with Gasteiger partial charge in [-0.3, -0.25) is 4.79 Å². The van der Waals surface area contributed by atoms with E-state index >= 15 is 0 Å².